The Bertz CT molecular complexity index is 124. The van der Waals surface area contributed by atoms with Crippen LogP contribution < -0.4 is 0 Å². The van der Waals surface area contributed by atoms with E-state index in [1.807, 2.05) is 0 Å². The normalized spacial score (nSPS) is 10.3. The number of ether oxygens (including phenoxy) is 1. The van der Waals surface area contributed by atoms with E-state index >= 15 is 0 Å². The Morgan fingerprint density at radius 1 is 1.50 bits per heavy atom. The van der Waals surface area contributed by atoms with E-state index in [1.54, 1.807) is 0 Å². The second kappa shape index (κ2) is 4.19. The molecule has 0 atom stereocenters. The van der Waals surface area contributed by atoms with Crippen molar-refractivity contribution in [1.82, 2.24) is 0 Å². The van der Waals surface area contributed by atoms with Crippen LogP contribution in [0.4, 0.5) is 0 Å². The molecule has 0 aromatic carbocycles. The fourth-order valence-corrected chi connectivity index (χ4v) is 0.483. The molecule has 1 heteroatoms. The van der Waals surface area contributed by atoms with E-state index < -0.39 is 0 Å². The van der Waals surface area contributed by atoms with E-state index in [4.69, 9.17) is 4.74 Å². The number of hydrogen-bond donors (Lipinski definition) is 0. The quantitative estimate of drug-likeness (QED) is 0.333. The van der Waals surface area contributed by atoms with Crippen molar-refractivity contribution in [2.75, 3.05) is 6.61 Å². The Morgan fingerprint density at radius 3 is 2.50 bits per heavy atom. The fraction of sp³-hybridized carbons (Fsp3) is 0.667. The highest BCUT2D eigenvalue weighted by Gasteiger charge is 2.08. The standard InChI is InChI=1S/C9H16O/c1-5-7-10-8-6-9(2,3)4/h7H,1,6,8H2,2-4H3. The second-order valence-corrected chi connectivity index (χ2v) is 3.50. The van der Waals surface area contributed by atoms with E-state index in [9.17, 15) is 0 Å². The summed E-state index contributed by atoms with van der Waals surface area (Å²) >= 11 is 0. The highest BCUT2D eigenvalue weighted by molar-refractivity contribution is 4.66. The summed E-state index contributed by atoms with van der Waals surface area (Å²) < 4.78 is 5.06. The Kier molecular flexibility index (Phi) is 3.90. The number of rotatable bonds is 3. The molecule has 0 aliphatic rings. The largest absolute Gasteiger partial charge is 0.493 e. The molecule has 0 fully saturated rings. The zero-order valence-electron chi connectivity index (χ0n) is 7.11. The zero-order chi connectivity index (χ0) is 8.04. The van der Waals surface area contributed by atoms with Gasteiger partial charge in [0.25, 0.3) is 0 Å². The summed E-state index contributed by atoms with van der Waals surface area (Å²) in [5.74, 6) is 0. The van der Waals surface area contributed by atoms with Crippen molar-refractivity contribution in [3.05, 3.63) is 18.6 Å². The summed E-state index contributed by atoms with van der Waals surface area (Å²) in [6.07, 6.45) is 2.57. The maximum absolute atomic E-state index is 5.06. The lowest BCUT2D eigenvalue weighted by Gasteiger charge is -2.16. The highest BCUT2D eigenvalue weighted by Crippen LogP contribution is 2.17. The van der Waals surface area contributed by atoms with E-state index in [2.05, 4.69) is 33.1 Å². The molecule has 0 saturated heterocycles. The van der Waals surface area contributed by atoms with Gasteiger partial charge in [-0.05, 0) is 11.8 Å². The minimum absolute atomic E-state index is 0.356. The van der Waals surface area contributed by atoms with E-state index in [1.165, 1.54) is 6.26 Å². The molecular weight excluding hydrogens is 124 g/mol. The van der Waals surface area contributed by atoms with Crippen molar-refractivity contribution < 1.29 is 4.74 Å². The van der Waals surface area contributed by atoms with Gasteiger partial charge in [0.2, 0.25) is 0 Å². The molecule has 0 aromatic heterocycles. The topological polar surface area (TPSA) is 9.23 Å². The molecule has 0 saturated carbocycles. The molecule has 0 aromatic rings. The predicted octanol–water partition coefficient (Wildman–Crippen LogP) is 2.74. The summed E-state index contributed by atoms with van der Waals surface area (Å²) in [6.45, 7) is 10.7. The Hall–Kier alpha value is -0.680. The SMILES string of the molecule is C=C=COCCC(C)(C)C. The van der Waals surface area contributed by atoms with E-state index in [0.717, 1.165) is 13.0 Å². The lowest BCUT2D eigenvalue weighted by molar-refractivity contribution is 0.198. The molecule has 0 N–H and O–H groups in total. The second-order valence-electron chi connectivity index (χ2n) is 3.50. The van der Waals surface area contributed by atoms with E-state index in [0.29, 0.717) is 5.41 Å². The molecule has 0 heterocycles. The van der Waals surface area contributed by atoms with Gasteiger partial charge in [-0.2, -0.15) is 0 Å². The third kappa shape index (κ3) is 7.32. The van der Waals surface area contributed by atoms with Crippen molar-refractivity contribution in [2.24, 2.45) is 5.41 Å². The molecule has 0 aliphatic heterocycles. The maximum Gasteiger partial charge on any atom is 0.124 e. The molecule has 58 valence electrons. The molecule has 0 rings (SSSR count). The van der Waals surface area contributed by atoms with Gasteiger partial charge in [0.1, 0.15) is 6.26 Å². The van der Waals surface area contributed by atoms with Crippen LogP contribution in [0.3, 0.4) is 0 Å². The summed E-state index contributed by atoms with van der Waals surface area (Å²) in [5.41, 5.74) is 2.91. The summed E-state index contributed by atoms with van der Waals surface area (Å²) in [6, 6.07) is 0. The van der Waals surface area contributed by atoms with Gasteiger partial charge in [-0.15, -0.1) is 0 Å². The molecule has 10 heavy (non-hydrogen) atoms. The molecule has 1 nitrogen and oxygen atoms in total. The van der Waals surface area contributed by atoms with Gasteiger partial charge in [0.05, 0.1) is 6.61 Å². The Labute approximate surface area is 63.4 Å². The third-order valence-electron chi connectivity index (χ3n) is 1.14. The van der Waals surface area contributed by atoms with Crippen LogP contribution in [0.2, 0.25) is 0 Å². The summed E-state index contributed by atoms with van der Waals surface area (Å²) in [5, 5.41) is 0. The van der Waals surface area contributed by atoms with Crippen molar-refractivity contribution in [3.63, 3.8) is 0 Å². The van der Waals surface area contributed by atoms with Crippen LogP contribution in [0.1, 0.15) is 27.2 Å². The third-order valence-corrected chi connectivity index (χ3v) is 1.14. The summed E-state index contributed by atoms with van der Waals surface area (Å²) in [4.78, 5) is 0. The first-order valence-electron chi connectivity index (χ1n) is 3.52. The van der Waals surface area contributed by atoms with Gasteiger partial charge in [0.15, 0.2) is 0 Å². The molecule has 0 amide bonds. The van der Waals surface area contributed by atoms with Crippen LogP contribution in [-0.2, 0) is 4.74 Å². The molecule has 0 radical (unpaired) electrons. The minimum atomic E-state index is 0.356. The predicted molar refractivity (Wildman–Crippen MR) is 43.7 cm³/mol. The average molecular weight is 140 g/mol. The van der Waals surface area contributed by atoms with Crippen molar-refractivity contribution >= 4 is 0 Å². The average Bonchev–Trinajstić information content (AvgIpc) is 1.78. The van der Waals surface area contributed by atoms with Gasteiger partial charge in [-0.3, -0.25) is 0 Å². The van der Waals surface area contributed by atoms with E-state index in [-0.39, 0.29) is 0 Å². The smallest absolute Gasteiger partial charge is 0.124 e. The molecular formula is C9H16O. The van der Waals surface area contributed by atoms with Crippen LogP contribution in [0.5, 0.6) is 0 Å². The van der Waals surface area contributed by atoms with Crippen molar-refractivity contribution in [3.8, 4) is 0 Å². The maximum atomic E-state index is 5.06. The zero-order valence-corrected chi connectivity index (χ0v) is 7.11. The van der Waals surface area contributed by atoms with Gasteiger partial charge in [-0.1, -0.05) is 33.1 Å². The van der Waals surface area contributed by atoms with Crippen LogP contribution in [0, 0.1) is 5.41 Å². The van der Waals surface area contributed by atoms with Gasteiger partial charge in [0, 0.05) is 0 Å². The first kappa shape index (κ1) is 9.32. The molecule has 0 unspecified atom stereocenters. The van der Waals surface area contributed by atoms with Crippen molar-refractivity contribution in [2.45, 2.75) is 27.2 Å². The van der Waals surface area contributed by atoms with Crippen LogP contribution in [-0.4, -0.2) is 6.61 Å². The minimum Gasteiger partial charge on any atom is -0.493 e. The first-order chi connectivity index (χ1) is 4.56. The van der Waals surface area contributed by atoms with Crippen LogP contribution in [0.15, 0.2) is 18.6 Å². The lowest BCUT2D eigenvalue weighted by Crippen LogP contribution is -2.07. The van der Waals surface area contributed by atoms with Gasteiger partial charge >= 0.3 is 0 Å². The lowest BCUT2D eigenvalue weighted by atomic mass is 9.93. The monoisotopic (exact) mass is 140 g/mol. The molecule has 0 aliphatic carbocycles. The summed E-state index contributed by atoms with van der Waals surface area (Å²) in [7, 11) is 0. The molecule has 0 spiro atoms. The Balaban J connectivity index is 3.28. The van der Waals surface area contributed by atoms with Gasteiger partial charge < -0.3 is 4.74 Å². The molecule has 0 bridgehead atoms. The fourth-order valence-electron chi connectivity index (χ4n) is 0.483. The number of hydrogen-bond acceptors (Lipinski definition) is 1. The first-order valence-corrected chi connectivity index (χ1v) is 3.52. The Morgan fingerprint density at radius 2 is 2.10 bits per heavy atom. The van der Waals surface area contributed by atoms with Crippen LogP contribution >= 0.6 is 0 Å². The van der Waals surface area contributed by atoms with Crippen LogP contribution in [0.25, 0.3) is 0 Å². The van der Waals surface area contributed by atoms with Gasteiger partial charge in [-0.25, -0.2) is 0 Å². The highest BCUT2D eigenvalue weighted by atomic mass is 16.5. The van der Waals surface area contributed by atoms with Crippen molar-refractivity contribution in [1.29, 1.82) is 0 Å².